The second-order valence-electron chi connectivity index (χ2n) is 8.02. The van der Waals surface area contributed by atoms with E-state index in [2.05, 4.69) is 36.9 Å². The molecule has 0 bridgehead atoms. The Kier molecular flexibility index (Phi) is 22.5. The minimum absolute atomic E-state index is 0. The molecule has 0 saturated carbocycles. The lowest BCUT2D eigenvalue weighted by molar-refractivity contribution is -0.890. The van der Waals surface area contributed by atoms with Crippen molar-refractivity contribution in [2.24, 2.45) is 0 Å². The molecule has 0 aliphatic heterocycles. The van der Waals surface area contributed by atoms with Gasteiger partial charge in [-0.05, 0) is 25.7 Å². The summed E-state index contributed by atoms with van der Waals surface area (Å²) < 4.78 is 1.21. The predicted molar refractivity (Wildman–Crippen MR) is 111 cm³/mol. The standard InChI is InChI=1S/C21H45BrN.ClH/c1-4-5-6-7-8-9-10-11-12-13-14-15-17-20-23(2,3)21-18-16-19-22;/h4-21H2,1-3H3;1H/q+1;/p-1. The highest BCUT2D eigenvalue weighted by molar-refractivity contribution is 9.09. The van der Waals surface area contributed by atoms with Crippen LogP contribution >= 0.6 is 15.9 Å². The number of hydrogen-bond donors (Lipinski definition) is 0. The van der Waals surface area contributed by atoms with Crippen LogP contribution in [0.4, 0.5) is 0 Å². The zero-order valence-corrected chi connectivity index (χ0v) is 19.3. The SMILES string of the molecule is CCCCCCCCCCCCCCC[N+](C)(C)CCCCBr.[Cl-]. The van der Waals surface area contributed by atoms with Gasteiger partial charge in [0.15, 0.2) is 0 Å². The van der Waals surface area contributed by atoms with E-state index in [4.69, 9.17) is 0 Å². The Morgan fingerprint density at radius 3 is 1.25 bits per heavy atom. The second-order valence-corrected chi connectivity index (χ2v) is 8.81. The average molecular weight is 427 g/mol. The second kappa shape index (κ2) is 20.0. The number of unbranched alkanes of at least 4 members (excludes halogenated alkanes) is 13. The first kappa shape index (κ1) is 27.0. The third-order valence-corrected chi connectivity index (χ3v) is 5.57. The molecule has 0 heterocycles. The van der Waals surface area contributed by atoms with Crippen LogP contribution in [0.3, 0.4) is 0 Å². The fourth-order valence-corrected chi connectivity index (χ4v) is 3.70. The summed E-state index contributed by atoms with van der Waals surface area (Å²) in [5, 5.41) is 1.16. The van der Waals surface area contributed by atoms with Crippen molar-refractivity contribution in [1.29, 1.82) is 0 Å². The molecule has 0 fully saturated rings. The molecule has 0 aromatic heterocycles. The van der Waals surface area contributed by atoms with Crippen molar-refractivity contribution in [3.8, 4) is 0 Å². The van der Waals surface area contributed by atoms with Gasteiger partial charge in [-0.1, -0.05) is 93.5 Å². The summed E-state index contributed by atoms with van der Waals surface area (Å²) in [6.45, 7) is 4.99. The summed E-state index contributed by atoms with van der Waals surface area (Å²) in [4.78, 5) is 0. The topological polar surface area (TPSA) is 0 Å². The number of rotatable bonds is 18. The van der Waals surface area contributed by atoms with Crippen LogP contribution in [0.2, 0.25) is 0 Å². The van der Waals surface area contributed by atoms with Crippen molar-refractivity contribution < 1.29 is 16.9 Å². The van der Waals surface area contributed by atoms with Crippen LogP contribution in [0.1, 0.15) is 103 Å². The van der Waals surface area contributed by atoms with Gasteiger partial charge in [0.05, 0.1) is 27.2 Å². The summed E-state index contributed by atoms with van der Waals surface area (Å²) >= 11 is 3.53. The molecule has 0 aromatic rings. The molecule has 148 valence electrons. The summed E-state index contributed by atoms with van der Waals surface area (Å²) in [6.07, 6.45) is 21.6. The van der Waals surface area contributed by atoms with Crippen molar-refractivity contribution in [2.45, 2.75) is 103 Å². The molecule has 0 atom stereocenters. The van der Waals surface area contributed by atoms with Gasteiger partial charge in [-0.25, -0.2) is 0 Å². The summed E-state index contributed by atoms with van der Waals surface area (Å²) in [6, 6.07) is 0. The normalized spacial score (nSPS) is 11.5. The maximum absolute atomic E-state index is 3.53. The monoisotopic (exact) mass is 425 g/mol. The maximum atomic E-state index is 3.53. The molecule has 1 nitrogen and oxygen atoms in total. The van der Waals surface area contributed by atoms with Crippen molar-refractivity contribution >= 4 is 15.9 Å². The van der Waals surface area contributed by atoms with Gasteiger partial charge in [0.1, 0.15) is 0 Å². The van der Waals surface area contributed by atoms with Crippen LogP contribution in [-0.2, 0) is 0 Å². The van der Waals surface area contributed by atoms with Gasteiger partial charge >= 0.3 is 0 Å². The Labute approximate surface area is 168 Å². The number of quaternary nitrogens is 1. The fourth-order valence-electron chi connectivity index (χ4n) is 3.30. The molecule has 0 aliphatic carbocycles. The highest BCUT2D eigenvalue weighted by Gasteiger charge is 2.13. The van der Waals surface area contributed by atoms with E-state index in [1.165, 1.54) is 114 Å². The van der Waals surface area contributed by atoms with Crippen LogP contribution in [0.5, 0.6) is 0 Å². The number of nitrogens with zero attached hydrogens (tertiary/aromatic N) is 1. The van der Waals surface area contributed by atoms with Crippen molar-refractivity contribution in [1.82, 2.24) is 0 Å². The first-order valence-corrected chi connectivity index (χ1v) is 11.6. The molecule has 0 saturated heterocycles. The average Bonchev–Trinajstić information content (AvgIpc) is 2.52. The van der Waals surface area contributed by atoms with Crippen LogP contribution in [0.15, 0.2) is 0 Å². The molecule has 0 aromatic carbocycles. The molecule has 0 N–H and O–H groups in total. The maximum Gasteiger partial charge on any atom is 0.0782 e. The van der Waals surface area contributed by atoms with Crippen LogP contribution < -0.4 is 12.4 Å². The van der Waals surface area contributed by atoms with E-state index in [0.717, 1.165) is 5.33 Å². The third-order valence-electron chi connectivity index (χ3n) is 5.01. The first-order valence-electron chi connectivity index (χ1n) is 10.5. The van der Waals surface area contributed by atoms with Gasteiger partial charge in [-0.15, -0.1) is 0 Å². The molecule has 0 aliphatic rings. The van der Waals surface area contributed by atoms with Gasteiger partial charge in [-0.2, -0.15) is 0 Å². The number of hydrogen-bond acceptors (Lipinski definition) is 0. The Hall–Kier alpha value is 0.730. The molecule has 24 heavy (non-hydrogen) atoms. The minimum Gasteiger partial charge on any atom is -1.00 e. The third kappa shape index (κ3) is 20.8. The van der Waals surface area contributed by atoms with Gasteiger partial charge in [0.25, 0.3) is 0 Å². The predicted octanol–water partition coefficient (Wildman–Crippen LogP) is 4.33. The van der Waals surface area contributed by atoms with Crippen LogP contribution in [-0.4, -0.2) is 37.0 Å². The van der Waals surface area contributed by atoms with E-state index in [-0.39, 0.29) is 12.4 Å². The molecule has 0 radical (unpaired) electrons. The summed E-state index contributed by atoms with van der Waals surface area (Å²) in [5.41, 5.74) is 0. The van der Waals surface area contributed by atoms with Gasteiger partial charge in [0, 0.05) is 5.33 Å². The van der Waals surface area contributed by atoms with Crippen LogP contribution in [0, 0.1) is 0 Å². The molecule has 0 rings (SSSR count). The lowest BCUT2D eigenvalue weighted by atomic mass is 10.0. The van der Waals surface area contributed by atoms with Crippen molar-refractivity contribution in [3.63, 3.8) is 0 Å². The summed E-state index contributed by atoms with van der Waals surface area (Å²) in [5.74, 6) is 0. The molecule has 3 heteroatoms. The molecule has 0 amide bonds. The first-order chi connectivity index (χ1) is 11.1. The Morgan fingerprint density at radius 1 is 0.542 bits per heavy atom. The zero-order valence-electron chi connectivity index (χ0n) is 16.9. The van der Waals surface area contributed by atoms with E-state index >= 15 is 0 Å². The van der Waals surface area contributed by atoms with Crippen molar-refractivity contribution in [2.75, 3.05) is 32.5 Å². The molecular weight excluding hydrogens is 382 g/mol. The van der Waals surface area contributed by atoms with E-state index in [1.54, 1.807) is 0 Å². The molecular formula is C21H45BrClN. The lowest BCUT2D eigenvalue weighted by Gasteiger charge is -2.29. The van der Waals surface area contributed by atoms with E-state index in [0.29, 0.717) is 0 Å². The summed E-state index contributed by atoms with van der Waals surface area (Å²) in [7, 11) is 4.80. The largest absolute Gasteiger partial charge is 1.00 e. The minimum atomic E-state index is 0. The van der Waals surface area contributed by atoms with Gasteiger partial charge < -0.3 is 16.9 Å². The quantitative estimate of drug-likeness (QED) is 0.174. The van der Waals surface area contributed by atoms with E-state index < -0.39 is 0 Å². The highest BCUT2D eigenvalue weighted by atomic mass is 79.9. The molecule has 0 unspecified atom stereocenters. The van der Waals surface area contributed by atoms with E-state index in [9.17, 15) is 0 Å². The zero-order chi connectivity index (χ0) is 17.2. The molecule has 0 spiro atoms. The van der Waals surface area contributed by atoms with E-state index in [1.807, 2.05) is 0 Å². The van der Waals surface area contributed by atoms with Crippen LogP contribution in [0.25, 0.3) is 0 Å². The van der Waals surface area contributed by atoms with Gasteiger partial charge in [0.2, 0.25) is 0 Å². The Bertz CT molecular complexity index is 234. The van der Waals surface area contributed by atoms with Crippen molar-refractivity contribution in [3.05, 3.63) is 0 Å². The lowest BCUT2D eigenvalue weighted by Crippen LogP contribution is -3.00. The Balaban J connectivity index is 0. The fraction of sp³-hybridized carbons (Fsp3) is 1.00. The Morgan fingerprint density at radius 2 is 0.875 bits per heavy atom. The number of halogens is 2. The highest BCUT2D eigenvalue weighted by Crippen LogP contribution is 2.13. The number of alkyl halides is 1. The smallest absolute Gasteiger partial charge is 0.0782 e. The van der Waals surface area contributed by atoms with Gasteiger partial charge in [-0.3, -0.25) is 0 Å².